The average molecular weight is 504 g/mol. The van der Waals surface area contributed by atoms with Crippen LogP contribution in [0.3, 0.4) is 0 Å². The summed E-state index contributed by atoms with van der Waals surface area (Å²) in [6.07, 6.45) is 1.55. The van der Waals surface area contributed by atoms with Gasteiger partial charge in [-0.2, -0.15) is 0 Å². The van der Waals surface area contributed by atoms with E-state index in [1.165, 1.54) is 17.7 Å². The maximum absolute atomic E-state index is 13.2. The fourth-order valence-electron chi connectivity index (χ4n) is 3.57. The van der Waals surface area contributed by atoms with E-state index in [9.17, 15) is 17.6 Å². The Morgan fingerprint density at radius 2 is 1.50 bits per heavy atom. The standard InChI is InChI=1S/C28H26FN3O3S/c1-28(2,3)21-10-14-23(15-11-21)31-27(33)20-8-6-19(7-9-20)26-25(5-4-18-30-26)32-36(34,35)24-16-12-22(29)13-17-24/h4-18,32H,1-3H3,(H,31,33). The van der Waals surface area contributed by atoms with Crippen molar-refractivity contribution in [2.75, 3.05) is 10.0 Å². The van der Waals surface area contributed by atoms with Gasteiger partial charge in [0.15, 0.2) is 0 Å². The van der Waals surface area contributed by atoms with Crippen LogP contribution in [0.4, 0.5) is 15.8 Å². The number of amides is 1. The number of pyridine rings is 1. The van der Waals surface area contributed by atoms with E-state index < -0.39 is 15.8 Å². The highest BCUT2D eigenvalue weighted by atomic mass is 32.2. The summed E-state index contributed by atoms with van der Waals surface area (Å²) in [6.45, 7) is 6.38. The number of carbonyl (C=O) groups excluding carboxylic acids is 1. The van der Waals surface area contributed by atoms with Crippen molar-refractivity contribution in [2.24, 2.45) is 0 Å². The molecule has 8 heteroatoms. The van der Waals surface area contributed by atoms with E-state index >= 15 is 0 Å². The number of nitrogens with one attached hydrogen (secondary N) is 2. The van der Waals surface area contributed by atoms with Crippen LogP contribution in [0, 0.1) is 5.82 Å². The van der Waals surface area contributed by atoms with Crippen molar-refractivity contribution in [2.45, 2.75) is 31.1 Å². The van der Waals surface area contributed by atoms with Crippen LogP contribution < -0.4 is 10.0 Å². The molecule has 0 aliphatic rings. The summed E-state index contributed by atoms with van der Waals surface area (Å²) in [5.41, 5.74) is 3.62. The zero-order valence-electron chi connectivity index (χ0n) is 20.1. The van der Waals surface area contributed by atoms with Crippen molar-refractivity contribution in [1.82, 2.24) is 4.98 Å². The number of anilines is 2. The largest absolute Gasteiger partial charge is 0.322 e. The van der Waals surface area contributed by atoms with E-state index in [0.29, 0.717) is 22.5 Å². The molecule has 0 saturated heterocycles. The summed E-state index contributed by atoms with van der Waals surface area (Å²) in [4.78, 5) is 17.0. The van der Waals surface area contributed by atoms with Crippen molar-refractivity contribution in [3.8, 4) is 11.3 Å². The smallest absolute Gasteiger partial charge is 0.261 e. The lowest BCUT2D eigenvalue weighted by Crippen LogP contribution is -2.14. The van der Waals surface area contributed by atoms with E-state index in [4.69, 9.17) is 0 Å². The van der Waals surface area contributed by atoms with Gasteiger partial charge in [-0.15, -0.1) is 0 Å². The Labute approximate surface area is 210 Å². The molecule has 0 saturated carbocycles. The lowest BCUT2D eigenvalue weighted by molar-refractivity contribution is 0.102. The molecule has 6 nitrogen and oxygen atoms in total. The lowest BCUT2D eigenvalue weighted by atomic mass is 9.87. The van der Waals surface area contributed by atoms with Crippen LogP contribution in [0.5, 0.6) is 0 Å². The van der Waals surface area contributed by atoms with Crippen LogP contribution in [-0.4, -0.2) is 19.3 Å². The van der Waals surface area contributed by atoms with Gasteiger partial charge in [-0.3, -0.25) is 14.5 Å². The number of aromatic nitrogens is 1. The van der Waals surface area contributed by atoms with Crippen molar-refractivity contribution < 1.29 is 17.6 Å². The Bertz CT molecular complexity index is 1480. The van der Waals surface area contributed by atoms with Crippen molar-refractivity contribution in [3.05, 3.63) is 108 Å². The minimum Gasteiger partial charge on any atom is -0.322 e. The summed E-state index contributed by atoms with van der Waals surface area (Å²) < 4.78 is 41.3. The number of rotatable bonds is 6. The Morgan fingerprint density at radius 3 is 2.11 bits per heavy atom. The number of halogens is 1. The highest BCUT2D eigenvalue weighted by Crippen LogP contribution is 2.28. The third-order valence-electron chi connectivity index (χ3n) is 5.61. The summed E-state index contributed by atoms with van der Waals surface area (Å²) in [5, 5.41) is 2.89. The summed E-state index contributed by atoms with van der Waals surface area (Å²) in [5.74, 6) is -0.787. The van der Waals surface area contributed by atoms with Crippen LogP contribution in [0.1, 0.15) is 36.7 Å². The fourth-order valence-corrected chi connectivity index (χ4v) is 4.64. The predicted octanol–water partition coefficient (Wildman–Crippen LogP) is 6.24. The first kappa shape index (κ1) is 25.1. The number of carbonyl (C=O) groups is 1. The van der Waals surface area contributed by atoms with Gasteiger partial charge in [0.2, 0.25) is 0 Å². The van der Waals surface area contributed by atoms with E-state index in [1.807, 2.05) is 24.3 Å². The quantitative estimate of drug-likeness (QED) is 0.326. The molecule has 0 bridgehead atoms. The zero-order chi connectivity index (χ0) is 25.9. The Kier molecular flexibility index (Phi) is 6.90. The van der Waals surface area contributed by atoms with Gasteiger partial charge >= 0.3 is 0 Å². The number of nitrogens with zero attached hydrogens (tertiary/aromatic N) is 1. The molecule has 4 rings (SSSR count). The second kappa shape index (κ2) is 9.91. The third kappa shape index (κ3) is 5.78. The first-order valence-corrected chi connectivity index (χ1v) is 12.8. The molecule has 1 aromatic heterocycles. The third-order valence-corrected chi connectivity index (χ3v) is 6.99. The molecule has 4 aromatic rings. The number of sulfonamides is 1. The molecule has 1 amide bonds. The van der Waals surface area contributed by atoms with E-state index in [0.717, 1.165) is 12.1 Å². The van der Waals surface area contributed by atoms with Crippen LogP contribution in [0.15, 0.2) is 96.0 Å². The highest BCUT2D eigenvalue weighted by Gasteiger charge is 2.18. The van der Waals surface area contributed by atoms with Gasteiger partial charge in [0.05, 0.1) is 16.3 Å². The Hall–Kier alpha value is -4.04. The van der Waals surface area contributed by atoms with E-state index in [2.05, 4.69) is 35.8 Å². The highest BCUT2D eigenvalue weighted by molar-refractivity contribution is 7.92. The summed E-state index contributed by atoms with van der Waals surface area (Å²) in [7, 11) is -3.95. The molecular weight excluding hydrogens is 477 g/mol. The molecule has 3 aromatic carbocycles. The number of benzene rings is 3. The van der Waals surface area contributed by atoms with Crippen LogP contribution in [0.25, 0.3) is 11.3 Å². The van der Waals surface area contributed by atoms with Crippen molar-refractivity contribution in [3.63, 3.8) is 0 Å². The second-order valence-electron chi connectivity index (χ2n) is 9.32. The lowest BCUT2D eigenvalue weighted by Gasteiger charge is -2.19. The predicted molar refractivity (Wildman–Crippen MR) is 140 cm³/mol. The van der Waals surface area contributed by atoms with E-state index in [-0.39, 0.29) is 21.9 Å². The van der Waals surface area contributed by atoms with Gasteiger partial charge in [-0.25, -0.2) is 12.8 Å². The first-order valence-electron chi connectivity index (χ1n) is 11.3. The van der Waals surface area contributed by atoms with Gasteiger partial charge in [0, 0.05) is 23.0 Å². The Morgan fingerprint density at radius 1 is 0.861 bits per heavy atom. The first-order chi connectivity index (χ1) is 17.0. The zero-order valence-corrected chi connectivity index (χ0v) is 20.9. The minimum atomic E-state index is -3.95. The van der Waals surface area contributed by atoms with E-state index in [1.54, 1.807) is 42.6 Å². The van der Waals surface area contributed by atoms with Gasteiger partial charge in [0.25, 0.3) is 15.9 Å². The minimum absolute atomic E-state index is 0.0237. The normalized spacial score (nSPS) is 11.7. The summed E-state index contributed by atoms with van der Waals surface area (Å²) in [6, 6.07) is 22.2. The fraction of sp³-hybridized carbons (Fsp3) is 0.143. The molecule has 0 spiro atoms. The molecule has 0 aliphatic carbocycles. The van der Waals surface area contributed by atoms with Crippen LogP contribution in [0.2, 0.25) is 0 Å². The van der Waals surface area contributed by atoms with Crippen LogP contribution in [-0.2, 0) is 15.4 Å². The topological polar surface area (TPSA) is 88.2 Å². The maximum Gasteiger partial charge on any atom is 0.261 e. The van der Waals surface area contributed by atoms with Gasteiger partial charge in [0.1, 0.15) is 5.82 Å². The molecule has 0 atom stereocenters. The maximum atomic E-state index is 13.2. The molecule has 0 radical (unpaired) electrons. The molecular formula is C28H26FN3O3S. The van der Waals surface area contributed by atoms with Crippen LogP contribution >= 0.6 is 0 Å². The molecule has 0 unspecified atom stereocenters. The number of hydrogen-bond acceptors (Lipinski definition) is 4. The molecule has 36 heavy (non-hydrogen) atoms. The van der Waals surface area contributed by atoms with Gasteiger partial charge < -0.3 is 5.32 Å². The number of hydrogen-bond donors (Lipinski definition) is 2. The molecule has 1 heterocycles. The molecule has 0 aliphatic heterocycles. The summed E-state index contributed by atoms with van der Waals surface area (Å²) >= 11 is 0. The average Bonchev–Trinajstić information content (AvgIpc) is 2.84. The van der Waals surface area contributed by atoms with Crippen molar-refractivity contribution >= 4 is 27.3 Å². The Balaban J connectivity index is 1.52. The molecule has 2 N–H and O–H groups in total. The monoisotopic (exact) mass is 503 g/mol. The van der Waals surface area contributed by atoms with Gasteiger partial charge in [-0.05, 0) is 71.6 Å². The van der Waals surface area contributed by atoms with Crippen molar-refractivity contribution in [1.29, 1.82) is 0 Å². The second-order valence-corrected chi connectivity index (χ2v) is 11.0. The molecule has 0 fully saturated rings. The SMILES string of the molecule is CC(C)(C)c1ccc(NC(=O)c2ccc(-c3ncccc3NS(=O)(=O)c3ccc(F)cc3)cc2)cc1. The van der Waals surface area contributed by atoms with Gasteiger partial charge in [-0.1, -0.05) is 45.0 Å². The molecule has 184 valence electrons.